The van der Waals surface area contributed by atoms with E-state index in [1.165, 1.54) is 6.08 Å². The molecule has 0 aromatic heterocycles. The average Bonchev–Trinajstić information content (AvgIpc) is 2.63. The fourth-order valence-corrected chi connectivity index (χ4v) is 2.46. The Morgan fingerprint density at radius 2 is 2.27 bits per heavy atom. The van der Waals surface area contributed by atoms with Crippen LogP contribution in [0.2, 0.25) is 0 Å². The van der Waals surface area contributed by atoms with E-state index in [0.717, 1.165) is 0 Å². The number of phosphoric ester groups is 1. The van der Waals surface area contributed by atoms with Crippen molar-refractivity contribution in [2.45, 2.75) is 5.79 Å². The normalized spacial score (nSPS) is 49.8. The first-order valence-electron chi connectivity index (χ1n) is 2.95. The molecule has 0 saturated carbocycles. The van der Waals surface area contributed by atoms with Gasteiger partial charge in [0.15, 0.2) is 0 Å². The highest BCUT2D eigenvalue weighted by atomic mass is 31.2. The van der Waals surface area contributed by atoms with E-state index in [0.29, 0.717) is 5.76 Å². The van der Waals surface area contributed by atoms with Gasteiger partial charge in [0.2, 0.25) is 0 Å². The smallest absolute Gasteiger partial charge is 0.414 e. The molecule has 1 fully saturated rings. The van der Waals surface area contributed by atoms with Crippen molar-refractivity contribution in [2.75, 3.05) is 0 Å². The van der Waals surface area contributed by atoms with Crippen molar-refractivity contribution in [1.82, 2.24) is 0 Å². The van der Waals surface area contributed by atoms with Crippen LogP contribution in [-0.4, -0.2) is 5.79 Å². The Labute approximate surface area is 61.8 Å². The van der Waals surface area contributed by atoms with Gasteiger partial charge in [0.25, 0.3) is 11.5 Å². The molecule has 0 atom stereocenters. The average molecular weight is 174 g/mol. The van der Waals surface area contributed by atoms with Gasteiger partial charge in [0, 0.05) is 0 Å². The van der Waals surface area contributed by atoms with E-state index in [9.17, 15) is 4.57 Å². The SMILES string of the molecule is C=CC12OP(=O)(OC3=C1O3)O2. The zero-order chi connectivity index (χ0) is 7.69. The van der Waals surface area contributed by atoms with Crippen LogP contribution in [-0.2, 0) is 22.9 Å². The van der Waals surface area contributed by atoms with Gasteiger partial charge in [-0.2, -0.15) is 0 Å². The van der Waals surface area contributed by atoms with Crippen molar-refractivity contribution in [1.29, 1.82) is 0 Å². The van der Waals surface area contributed by atoms with Crippen LogP contribution in [0.5, 0.6) is 0 Å². The molecule has 58 valence electrons. The van der Waals surface area contributed by atoms with Gasteiger partial charge in [0.05, 0.1) is 0 Å². The van der Waals surface area contributed by atoms with Gasteiger partial charge < -0.3 is 9.26 Å². The Bertz CT molecular complexity index is 333. The molecule has 4 aliphatic heterocycles. The summed E-state index contributed by atoms with van der Waals surface area (Å²) in [5.74, 6) is -0.431. The molecule has 5 nitrogen and oxygen atoms in total. The zero-order valence-electron chi connectivity index (χ0n) is 5.27. The van der Waals surface area contributed by atoms with Gasteiger partial charge in [-0.3, -0.25) is 0 Å². The zero-order valence-corrected chi connectivity index (χ0v) is 6.17. The predicted molar refractivity (Wildman–Crippen MR) is 31.9 cm³/mol. The molecule has 6 heteroatoms. The summed E-state index contributed by atoms with van der Waals surface area (Å²) in [4.78, 5) is 0. The molecule has 0 radical (unpaired) electrons. The number of hydrogen-bond donors (Lipinski definition) is 0. The summed E-state index contributed by atoms with van der Waals surface area (Å²) in [5, 5.41) is 0. The maximum Gasteiger partial charge on any atom is 0.538 e. The topological polar surface area (TPSA) is 57.3 Å². The van der Waals surface area contributed by atoms with Crippen molar-refractivity contribution in [3.05, 3.63) is 24.4 Å². The Balaban J connectivity index is 2.14. The summed E-state index contributed by atoms with van der Waals surface area (Å²) >= 11 is 0. The van der Waals surface area contributed by atoms with E-state index in [-0.39, 0.29) is 5.95 Å². The minimum atomic E-state index is -3.29. The van der Waals surface area contributed by atoms with Crippen molar-refractivity contribution in [2.24, 2.45) is 0 Å². The van der Waals surface area contributed by atoms with Crippen molar-refractivity contribution in [3.63, 3.8) is 0 Å². The highest BCUT2D eigenvalue weighted by molar-refractivity contribution is 7.50. The Morgan fingerprint density at radius 3 is 2.91 bits per heavy atom. The van der Waals surface area contributed by atoms with E-state index >= 15 is 0 Å². The van der Waals surface area contributed by atoms with Crippen molar-refractivity contribution < 1.29 is 22.9 Å². The van der Waals surface area contributed by atoms with E-state index in [1.54, 1.807) is 0 Å². The number of ether oxygens (including phenoxy) is 1. The third-order valence-corrected chi connectivity index (χ3v) is 2.99. The first-order valence-corrected chi connectivity index (χ1v) is 4.41. The van der Waals surface area contributed by atoms with E-state index in [1.807, 2.05) is 0 Å². The lowest BCUT2D eigenvalue weighted by atomic mass is 10.3. The molecule has 0 aromatic rings. The van der Waals surface area contributed by atoms with Crippen LogP contribution in [0.3, 0.4) is 0 Å². The molecule has 11 heavy (non-hydrogen) atoms. The first kappa shape index (κ1) is 5.83. The maximum absolute atomic E-state index is 11.1. The highest BCUT2D eigenvalue weighted by Crippen LogP contribution is 2.76. The number of hydrogen-bond acceptors (Lipinski definition) is 5. The van der Waals surface area contributed by atoms with Gasteiger partial charge in [-0.1, -0.05) is 6.58 Å². The van der Waals surface area contributed by atoms with Crippen molar-refractivity contribution >= 4 is 7.82 Å². The largest absolute Gasteiger partial charge is 0.538 e. The molecule has 4 heterocycles. The lowest BCUT2D eigenvalue weighted by Gasteiger charge is -2.39. The van der Waals surface area contributed by atoms with Crippen LogP contribution >= 0.6 is 7.82 Å². The summed E-state index contributed by atoms with van der Waals surface area (Å²) in [6.07, 6.45) is 1.38. The Morgan fingerprint density at radius 1 is 1.55 bits per heavy atom. The molecule has 0 aromatic carbocycles. The van der Waals surface area contributed by atoms with Crippen LogP contribution in [0.1, 0.15) is 0 Å². The fourth-order valence-electron chi connectivity index (χ4n) is 1.07. The van der Waals surface area contributed by atoms with Gasteiger partial charge >= 0.3 is 13.8 Å². The third kappa shape index (κ3) is 0.495. The quantitative estimate of drug-likeness (QED) is 0.442. The maximum atomic E-state index is 11.1. The molecule has 0 aliphatic carbocycles. The summed E-state index contributed by atoms with van der Waals surface area (Å²) in [6.45, 7) is 3.46. The number of phosphoric acid groups is 1. The molecule has 0 amide bonds. The molecular formula is C5H3O5P. The van der Waals surface area contributed by atoms with Gasteiger partial charge in [-0.15, -0.1) is 0 Å². The third-order valence-electron chi connectivity index (χ3n) is 1.61. The van der Waals surface area contributed by atoms with Crippen LogP contribution < -0.4 is 0 Å². The summed E-state index contributed by atoms with van der Waals surface area (Å²) < 4.78 is 30.3. The standard InChI is InChI=1S/C5H3O5P/c1-2-5-3-4(7-3)8-11(6,9-5)10-5/h2H,1H2. The predicted octanol–water partition coefficient (Wildman–Crippen LogP) is 1.25. The molecule has 0 unspecified atom stereocenters. The second kappa shape index (κ2) is 1.27. The minimum absolute atomic E-state index is 0.255. The molecule has 1 saturated heterocycles. The molecule has 4 rings (SSSR count). The first-order chi connectivity index (χ1) is 5.18. The molecule has 2 bridgehead atoms. The highest BCUT2D eigenvalue weighted by Gasteiger charge is 2.72. The summed E-state index contributed by atoms with van der Waals surface area (Å²) in [7, 11) is -3.29. The van der Waals surface area contributed by atoms with Crippen LogP contribution in [0, 0.1) is 0 Å². The monoisotopic (exact) mass is 174 g/mol. The fraction of sp³-hybridized carbons (Fsp3) is 0.200. The number of rotatable bonds is 1. The van der Waals surface area contributed by atoms with E-state index in [4.69, 9.17) is 13.8 Å². The molecular weight excluding hydrogens is 171 g/mol. The van der Waals surface area contributed by atoms with E-state index in [2.05, 4.69) is 11.1 Å². The lowest BCUT2D eigenvalue weighted by molar-refractivity contribution is -0.163. The Kier molecular flexibility index (Phi) is 0.670. The van der Waals surface area contributed by atoms with Crippen molar-refractivity contribution in [3.8, 4) is 0 Å². The van der Waals surface area contributed by atoms with Gasteiger partial charge in [-0.05, 0) is 6.08 Å². The molecule has 0 N–H and O–H groups in total. The summed E-state index contributed by atoms with van der Waals surface area (Å²) in [6, 6.07) is 0. The lowest BCUT2D eigenvalue weighted by Crippen LogP contribution is -2.42. The van der Waals surface area contributed by atoms with Crippen LogP contribution in [0.4, 0.5) is 0 Å². The van der Waals surface area contributed by atoms with Crippen LogP contribution in [0.25, 0.3) is 0 Å². The molecule has 4 aliphatic rings. The van der Waals surface area contributed by atoms with Gasteiger partial charge in [0.1, 0.15) is 0 Å². The second-order valence-electron chi connectivity index (χ2n) is 2.31. The van der Waals surface area contributed by atoms with Gasteiger partial charge in [-0.25, -0.2) is 13.6 Å². The second-order valence-corrected chi connectivity index (χ2v) is 3.75. The summed E-state index contributed by atoms with van der Waals surface area (Å²) in [5.41, 5.74) is 0. The van der Waals surface area contributed by atoms with Crippen LogP contribution in [0.15, 0.2) is 24.4 Å². The minimum Gasteiger partial charge on any atom is -0.414 e. The van der Waals surface area contributed by atoms with E-state index < -0.39 is 13.6 Å². The molecule has 0 spiro atoms. The Hall–Kier alpha value is -0.770.